The molecular formula is C16H34N4O. The largest absolute Gasteiger partial charge is 0.384 e. The van der Waals surface area contributed by atoms with E-state index in [1.165, 1.54) is 25.8 Å². The van der Waals surface area contributed by atoms with Gasteiger partial charge in [0, 0.05) is 39.7 Å². The summed E-state index contributed by atoms with van der Waals surface area (Å²) in [4.78, 5) is 9.24. The number of unbranched alkanes of at least 4 members (excludes halogenated alkanes) is 1. The lowest BCUT2D eigenvalue weighted by Crippen LogP contribution is -2.40. The van der Waals surface area contributed by atoms with Gasteiger partial charge in [0.1, 0.15) is 0 Å². The van der Waals surface area contributed by atoms with Gasteiger partial charge in [-0.3, -0.25) is 4.99 Å². The summed E-state index contributed by atoms with van der Waals surface area (Å²) in [7, 11) is 3.66. The molecule has 1 saturated heterocycles. The number of hydrogen-bond donors (Lipinski definition) is 1. The summed E-state index contributed by atoms with van der Waals surface area (Å²) in [5, 5.41) is 3.50. The second-order valence-electron chi connectivity index (χ2n) is 5.76. The van der Waals surface area contributed by atoms with Crippen molar-refractivity contribution in [2.24, 2.45) is 10.9 Å². The van der Waals surface area contributed by atoms with E-state index in [9.17, 15) is 0 Å². The highest BCUT2D eigenvalue weighted by molar-refractivity contribution is 5.80. The summed E-state index contributed by atoms with van der Waals surface area (Å²) in [6.07, 6.45) is 3.65. The lowest BCUT2D eigenvalue weighted by Gasteiger charge is -2.22. The smallest absolute Gasteiger partial charge is 0.193 e. The minimum absolute atomic E-state index is 0.649. The Morgan fingerprint density at radius 2 is 2.10 bits per heavy atom. The minimum atomic E-state index is 0.649. The predicted octanol–water partition coefficient (Wildman–Crippen LogP) is 1.65. The monoisotopic (exact) mass is 298 g/mol. The van der Waals surface area contributed by atoms with E-state index in [4.69, 9.17) is 4.74 Å². The Hall–Kier alpha value is -0.810. The van der Waals surface area contributed by atoms with Crippen LogP contribution in [0, 0.1) is 5.92 Å². The number of likely N-dealkylation sites (tertiary alicyclic amines) is 1. The number of guanidine groups is 1. The van der Waals surface area contributed by atoms with Gasteiger partial charge < -0.3 is 19.9 Å². The van der Waals surface area contributed by atoms with Crippen LogP contribution < -0.4 is 5.32 Å². The molecule has 0 aliphatic carbocycles. The quantitative estimate of drug-likeness (QED) is 0.399. The molecule has 21 heavy (non-hydrogen) atoms. The van der Waals surface area contributed by atoms with E-state index >= 15 is 0 Å². The van der Waals surface area contributed by atoms with Gasteiger partial charge in [-0.2, -0.15) is 0 Å². The first-order valence-corrected chi connectivity index (χ1v) is 8.42. The first-order valence-electron chi connectivity index (χ1n) is 8.42. The third kappa shape index (κ3) is 6.66. The second-order valence-corrected chi connectivity index (χ2v) is 5.76. The topological polar surface area (TPSA) is 40.1 Å². The molecule has 0 aromatic carbocycles. The Balaban J connectivity index is 2.18. The summed E-state index contributed by atoms with van der Waals surface area (Å²) in [6, 6.07) is 0. The van der Waals surface area contributed by atoms with Gasteiger partial charge in [-0.25, -0.2) is 0 Å². The van der Waals surface area contributed by atoms with Crippen molar-refractivity contribution in [1.82, 2.24) is 15.1 Å². The molecule has 1 fully saturated rings. The van der Waals surface area contributed by atoms with Gasteiger partial charge >= 0.3 is 0 Å². The normalized spacial score (nSPS) is 19.6. The van der Waals surface area contributed by atoms with E-state index in [0.717, 1.165) is 45.3 Å². The third-order valence-corrected chi connectivity index (χ3v) is 4.28. The second kappa shape index (κ2) is 10.9. The number of aliphatic imine (C=N–C) groups is 1. The van der Waals surface area contributed by atoms with Gasteiger partial charge in [-0.05, 0) is 38.9 Å². The number of hydrogen-bond acceptors (Lipinski definition) is 3. The van der Waals surface area contributed by atoms with Crippen molar-refractivity contribution < 1.29 is 4.74 Å². The lowest BCUT2D eigenvalue weighted by molar-refractivity contribution is 0.157. The highest BCUT2D eigenvalue weighted by Crippen LogP contribution is 2.16. The van der Waals surface area contributed by atoms with E-state index in [2.05, 4.69) is 34.0 Å². The molecule has 1 aliphatic rings. The lowest BCUT2D eigenvalue weighted by atomic mass is 10.1. The van der Waals surface area contributed by atoms with Crippen LogP contribution in [0.1, 0.15) is 33.1 Å². The van der Waals surface area contributed by atoms with Crippen molar-refractivity contribution in [3.63, 3.8) is 0 Å². The Morgan fingerprint density at radius 3 is 2.71 bits per heavy atom. The van der Waals surface area contributed by atoms with Crippen molar-refractivity contribution in [1.29, 1.82) is 0 Å². The van der Waals surface area contributed by atoms with Crippen LogP contribution in [-0.4, -0.2) is 75.8 Å². The molecule has 124 valence electrons. The molecule has 0 saturated carbocycles. The number of ether oxygens (including phenoxy) is 1. The fourth-order valence-electron chi connectivity index (χ4n) is 2.93. The molecule has 1 unspecified atom stereocenters. The minimum Gasteiger partial charge on any atom is -0.384 e. The van der Waals surface area contributed by atoms with Crippen molar-refractivity contribution in [3.05, 3.63) is 0 Å². The summed E-state index contributed by atoms with van der Waals surface area (Å²) >= 11 is 0. The fourth-order valence-corrected chi connectivity index (χ4v) is 2.93. The number of nitrogens with one attached hydrogen (secondary N) is 1. The average Bonchev–Trinajstić information content (AvgIpc) is 2.96. The maximum absolute atomic E-state index is 5.25. The Labute approximate surface area is 130 Å². The average molecular weight is 298 g/mol. The molecule has 1 atom stereocenters. The van der Waals surface area contributed by atoms with Gasteiger partial charge in [0.15, 0.2) is 5.96 Å². The zero-order valence-electron chi connectivity index (χ0n) is 14.4. The van der Waals surface area contributed by atoms with Crippen LogP contribution in [0.3, 0.4) is 0 Å². The third-order valence-electron chi connectivity index (χ3n) is 4.28. The number of methoxy groups -OCH3 is 1. The molecular weight excluding hydrogens is 264 g/mol. The molecule has 1 aliphatic heterocycles. The van der Waals surface area contributed by atoms with Crippen LogP contribution in [0.4, 0.5) is 0 Å². The Morgan fingerprint density at radius 1 is 1.33 bits per heavy atom. The van der Waals surface area contributed by atoms with Crippen molar-refractivity contribution in [2.75, 3.05) is 60.0 Å². The Kier molecular flexibility index (Phi) is 9.42. The molecule has 1 N–H and O–H groups in total. The van der Waals surface area contributed by atoms with Crippen LogP contribution in [0.2, 0.25) is 0 Å². The maximum Gasteiger partial charge on any atom is 0.193 e. The van der Waals surface area contributed by atoms with E-state index in [0.29, 0.717) is 5.92 Å². The fraction of sp³-hybridized carbons (Fsp3) is 0.938. The molecule has 0 amide bonds. The van der Waals surface area contributed by atoms with E-state index in [1.807, 2.05) is 7.05 Å². The van der Waals surface area contributed by atoms with Gasteiger partial charge in [0.2, 0.25) is 0 Å². The van der Waals surface area contributed by atoms with Crippen LogP contribution in [0.5, 0.6) is 0 Å². The molecule has 5 heteroatoms. The van der Waals surface area contributed by atoms with Crippen molar-refractivity contribution in [3.8, 4) is 0 Å². The highest BCUT2D eigenvalue weighted by atomic mass is 16.5. The zero-order valence-corrected chi connectivity index (χ0v) is 14.4. The molecule has 0 spiro atoms. The molecule has 0 bridgehead atoms. The maximum atomic E-state index is 5.25. The highest BCUT2D eigenvalue weighted by Gasteiger charge is 2.24. The van der Waals surface area contributed by atoms with E-state index in [1.54, 1.807) is 7.11 Å². The first-order chi connectivity index (χ1) is 10.2. The van der Waals surface area contributed by atoms with Crippen molar-refractivity contribution in [2.45, 2.75) is 33.1 Å². The van der Waals surface area contributed by atoms with Crippen molar-refractivity contribution >= 4 is 5.96 Å². The summed E-state index contributed by atoms with van der Waals surface area (Å²) in [5.41, 5.74) is 0. The number of nitrogens with zero attached hydrogens (tertiary/aromatic N) is 3. The zero-order chi connectivity index (χ0) is 15.5. The predicted molar refractivity (Wildman–Crippen MR) is 89.9 cm³/mol. The molecule has 1 heterocycles. The number of rotatable bonds is 9. The SMILES string of the molecule is CCN(CC)CCCCNC(=NC)N1CCC(COC)C1. The van der Waals surface area contributed by atoms with Crippen LogP contribution in [0.15, 0.2) is 4.99 Å². The van der Waals surface area contributed by atoms with E-state index < -0.39 is 0 Å². The molecule has 0 radical (unpaired) electrons. The molecule has 1 rings (SSSR count). The van der Waals surface area contributed by atoms with E-state index in [-0.39, 0.29) is 0 Å². The first kappa shape index (κ1) is 18.2. The van der Waals surface area contributed by atoms with Gasteiger partial charge in [-0.1, -0.05) is 13.8 Å². The molecule has 5 nitrogen and oxygen atoms in total. The Bertz CT molecular complexity index is 292. The van der Waals surface area contributed by atoms with Gasteiger partial charge in [0.05, 0.1) is 6.61 Å². The summed E-state index contributed by atoms with van der Waals surface area (Å²) in [6.45, 7) is 12.0. The van der Waals surface area contributed by atoms with Crippen LogP contribution >= 0.6 is 0 Å². The standard InChI is InChI=1S/C16H34N4O/c1-5-19(6-2)11-8-7-10-18-16(17-3)20-12-9-15(13-20)14-21-4/h15H,5-14H2,1-4H3,(H,17,18). The van der Waals surface area contributed by atoms with Crippen LogP contribution in [0.25, 0.3) is 0 Å². The summed E-state index contributed by atoms with van der Waals surface area (Å²) in [5.74, 6) is 1.70. The molecule has 0 aromatic rings. The molecule has 0 aromatic heterocycles. The van der Waals surface area contributed by atoms with Crippen LogP contribution in [-0.2, 0) is 4.74 Å². The summed E-state index contributed by atoms with van der Waals surface area (Å²) < 4.78 is 5.25. The van der Waals surface area contributed by atoms with Gasteiger partial charge in [0.25, 0.3) is 0 Å². The van der Waals surface area contributed by atoms with Gasteiger partial charge in [-0.15, -0.1) is 0 Å².